The molecule has 4 heterocycles. The number of aromatic nitrogens is 5. The van der Waals surface area contributed by atoms with Crippen molar-refractivity contribution in [2.45, 2.75) is 38.5 Å². The van der Waals surface area contributed by atoms with E-state index in [1.807, 2.05) is 24.4 Å². The van der Waals surface area contributed by atoms with Crippen LogP contribution in [0.3, 0.4) is 0 Å². The molecule has 0 saturated carbocycles. The van der Waals surface area contributed by atoms with Crippen molar-refractivity contribution in [1.82, 2.24) is 24.9 Å². The Morgan fingerprint density at radius 2 is 0.702 bits per heavy atom. The highest BCUT2D eigenvalue weighted by molar-refractivity contribution is 6.16. The lowest BCUT2D eigenvalue weighted by molar-refractivity contribution is 0.661. The second-order valence-electron chi connectivity index (χ2n) is 26.3. The molecule has 19 rings (SSSR count). The van der Waals surface area contributed by atoms with E-state index in [2.05, 4.69) is 301 Å². The zero-order valence-corrected chi connectivity index (χ0v) is 52.5. The smallest absolute Gasteiger partial charge is 0.160 e. The van der Waals surface area contributed by atoms with Crippen LogP contribution in [0.4, 0.5) is 0 Å². The van der Waals surface area contributed by atoms with Crippen LogP contribution in [0.5, 0.6) is 0 Å². The first-order chi connectivity index (χ1) is 46.1. The quantitative estimate of drug-likeness (QED) is 0.155. The van der Waals surface area contributed by atoms with Crippen LogP contribution in [0.15, 0.2) is 297 Å². The van der Waals surface area contributed by atoms with E-state index >= 15 is 0 Å². The van der Waals surface area contributed by atoms with Crippen molar-refractivity contribution < 1.29 is 0 Å². The number of nitrogens with zero attached hydrogens (tertiary/aromatic N) is 5. The van der Waals surface area contributed by atoms with Gasteiger partial charge in [-0.15, -0.1) is 0 Å². The summed E-state index contributed by atoms with van der Waals surface area (Å²) in [6.45, 7) is 9.36. The summed E-state index contributed by atoms with van der Waals surface area (Å²) in [4.78, 5) is 25.8. The number of benzene rings is 13. The molecule has 4 aromatic heterocycles. The largest absolute Gasteiger partial charge is 0.256 e. The van der Waals surface area contributed by atoms with Gasteiger partial charge in [-0.1, -0.05) is 252 Å². The summed E-state index contributed by atoms with van der Waals surface area (Å²) < 4.78 is 0. The summed E-state index contributed by atoms with van der Waals surface area (Å²) in [7, 11) is 0. The maximum atomic E-state index is 5.36. The normalized spacial score (nSPS) is 13.3. The summed E-state index contributed by atoms with van der Waals surface area (Å²) in [5.41, 5.74) is 23.6. The van der Waals surface area contributed by atoms with Gasteiger partial charge in [0.25, 0.3) is 0 Å². The Bertz CT molecular complexity index is 6000. The van der Waals surface area contributed by atoms with Crippen LogP contribution in [0, 0.1) is 0 Å². The van der Waals surface area contributed by atoms with E-state index in [9.17, 15) is 0 Å². The van der Waals surface area contributed by atoms with Crippen molar-refractivity contribution in [1.29, 1.82) is 0 Å². The van der Waals surface area contributed by atoms with E-state index in [0.717, 1.165) is 83.7 Å². The molecule has 0 radical (unpaired) electrons. The van der Waals surface area contributed by atoms with Crippen molar-refractivity contribution in [3.8, 4) is 89.9 Å². The molecule has 17 aromatic rings. The van der Waals surface area contributed by atoms with Gasteiger partial charge in [0.2, 0.25) is 0 Å². The number of hydrogen-bond donors (Lipinski definition) is 0. The molecule has 0 bridgehead atoms. The monoisotopic (exact) mass is 1200 g/mol. The standard InChI is InChI=1S/C48H33N3.C41H28N2/c1-48(2)41-21-10-8-19-36(41)39-27-38-37-20-9-11-22-43(37)49-46(40(38)28-42(39)48)35-18-12-17-33(26-35)44-29-45(51-47(50-44)31-14-4-3-5-15-31)34-24-23-30-13-6-7-16-32(30)25-34;1-41(2)36-16-7-5-14-30(36)34-23-33-31-15-6-8-17-38(31)43-40(35(33)24-37(34)41)27-12-9-11-26(22-27)39-32-19-18-25-10-3-4-13-28(25)29(32)20-21-42-39/h3-29H,1-2H3;3-24H,1-2H3. The molecule has 0 N–H and O–H groups in total. The second-order valence-corrected chi connectivity index (χ2v) is 26.3. The van der Waals surface area contributed by atoms with Gasteiger partial charge in [0.05, 0.1) is 39.5 Å². The highest BCUT2D eigenvalue weighted by Gasteiger charge is 2.37. The minimum atomic E-state index is -0.112. The molecule has 94 heavy (non-hydrogen) atoms. The number of hydrogen-bond acceptors (Lipinski definition) is 5. The minimum Gasteiger partial charge on any atom is -0.256 e. The van der Waals surface area contributed by atoms with Gasteiger partial charge in [0.15, 0.2) is 5.82 Å². The van der Waals surface area contributed by atoms with E-state index in [0.29, 0.717) is 5.82 Å². The molecule has 2 aliphatic carbocycles. The zero-order chi connectivity index (χ0) is 62.8. The van der Waals surface area contributed by atoms with Crippen LogP contribution >= 0.6 is 0 Å². The number of pyridine rings is 3. The lowest BCUT2D eigenvalue weighted by Gasteiger charge is -2.22. The molecule has 0 amide bonds. The fraction of sp³-hybridized carbons (Fsp3) is 0.0674. The fourth-order valence-corrected chi connectivity index (χ4v) is 15.3. The second kappa shape index (κ2) is 21.4. The van der Waals surface area contributed by atoms with E-state index < -0.39 is 0 Å². The van der Waals surface area contributed by atoms with Crippen LogP contribution in [0.1, 0.15) is 49.9 Å². The van der Waals surface area contributed by atoms with Crippen molar-refractivity contribution in [3.63, 3.8) is 0 Å². The summed E-state index contributed by atoms with van der Waals surface area (Å²) in [5.74, 6) is 0.702. The van der Waals surface area contributed by atoms with Crippen LogP contribution < -0.4 is 0 Å². The van der Waals surface area contributed by atoms with Gasteiger partial charge in [-0.3, -0.25) is 4.98 Å². The molecule has 5 nitrogen and oxygen atoms in total. The minimum absolute atomic E-state index is 0.0828. The molecule has 5 heteroatoms. The Labute approximate surface area is 545 Å². The molecule has 0 aliphatic heterocycles. The lowest BCUT2D eigenvalue weighted by Crippen LogP contribution is -2.14. The third-order valence-electron chi connectivity index (χ3n) is 20.1. The fourth-order valence-electron chi connectivity index (χ4n) is 15.3. The van der Waals surface area contributed by atoms with Crippen LogP contribution in [-0.4, -0.2) is 24.9 Å². The summed E-state index contributed by atoms with van der Waals surface area (Å²) >= 11 is 0. The average Bonchev–Trinajstić information content (AvgIpc) is 1.55. The van der Waals surface area contributed by atoms with Gasteiger partial charge < -0.3 is 0 Å². The van der Waals surface area contributed by atoms with Crippen molar-refractivity contribution in [2.75, 3.05) is 0 Å². The molecule has 0 atom stereocenters. The van der Waals surface area contributed by atoms with Crippen LogP contribution in [-0.2, 0) is 10.8 Å². The molecule has 0 unspecified atom stereocenters. The number of rotatable bonds is 6. The Hall–Kier alpha value is -11.8. The van der Waals surface area contributed by atoms with Crippen LogP contribution in [0.25, 0.3) is 166 Å². The van der Waals surface area contributed by atoms with Gasteiger partial charge in [0.1, 0.15) is 0 Å². The molecular weight excluding hydrogens is 1140 g/mol. The third kappa shape index (κ3) is 8.87. The highest BCUT2D eigenvalue weighted by atomic mass is 14.9. The van der Waals surface area contributed by atoms with Gasteiger partial charge in [-0.25, -0.2) is 19.9 Å². The van der Waals surface area contributed by atoms with E-state index in [1.54, 1.807) is 0 Å². The summed E-state index contributed by atoms with van der Waals surface area (Å²) in [5, 5.41) is 14.4. The Morgan fingerprint density at radius 1 is 0.234 bits per heavy atom. The summed E-state index contributed by atoms with van der Waals surface area (Å²) in [6.07, 6.45) is 1.93. The third-order valence-corrected chi connectivity index (χ3v) is 20.1. The van der Waals surface area contributed by atoms with E-state index in [1.165, 1.54) is 98.4 Å². The molecule has 442 valence electrons. The first kappa shape index (κ1) is 55.1. The van der Waals surface area contributed by atoms with E-state index in [4.69, 9.17) is 24.9 Å². The van der Waals surface area contributed by atoms with Crippen molar-refractivity contribution >= 4 is 75.7 Å². The average molecular weight is 1200 g/mol. The van der Waals surface area contributed by atoms with Gasteiger partial charge in [0, 0.05) is 77.3 Å². The molecule has 2 aliphatic rings. The predicted octanol–water partition coefficient (Wildman–Crippen LogP) is 23.0. The lowest BCUT2D eigenvalue weighted by atomic mass is 9.81. The highest BCUT2D eigenvalue weighted by Crippen LogP contribution is 2.53. The van der Waals surface area contributed by atoms with Crippen molar-refractivity contribution in [2.24, 2.45) is 0 Å². The van der Waals surface area contributed by atoms with Crippen LogP contribution in [0.2, 0.25) is 0 Å². The first-order valence-electron chi connectivity index (χ1n) is 32.4. The Morgan fingerprint density at radius 3 is 1.32 bits per heavy atom. The maximum absolute atomic E-state index is 5.36. The topological polar surface area (TPSA) is 64.5 Å². The molecule has 0 spiro atoms. The zero-order valence-electron chi connectivity index (χ0n) is 52.5. The number of fused-ring (bicyclic) bond motifs is 16. The SMILES string of the molecule is CC1(C)c2ccccc2-c2cc3c(cc21)c(-c1cccc(-c2cc(-c4ccc5ccccc5c4)nc(-c4ccccc4)n2)c1)nc1ccccc13.CC1(C)c2ccccc2-c2cc3c(cc21)c(-c1cccc(-c2nccc4c2ccc2ccccc24)c1)nc1ccccc13. The predicted molar refractivity (Wildman–Crippen MR) is 392 cm³/mol. The Balaban J connectivity index is 0.000000140. The molecule has 0 fully saturated rings. The first-order valence-corrected chi connectivity index (χ1v) is 32.4. The van der Waals surface area contributed by atoms with Gasteiger partial charge in [-0.2, -0.15) is 0 Å². The van der Waals surface area contributed by atoms with Gasteiger partial charge >= 0.3 is 0 Å². The number of para-hydroxylation sites is 2. The maximum Gasteiger partial charge on any atom is 0.160 e. The molecule has 13 aromatic carbocycles. The Kier molecular flexibility index (Phi) is 12.5. The summed E-state index contributed by atoms with van der Waals surface area (Å²) in [6, 6.07) is 104. The van der Waals surface area contributed by atoms with Gasteiger partial charge in [-0.05, 0) is 149 Å². The molecule has 0 saturated heterocycles. The van der Waals surface area contributed by atoms with E-state index in [-0.39, 0.29) is 10.8 Å². The molecular formula is C89H61N5. The van der Waals surface area contributed by atoms with Crippen molar-refractivity contribution in [3.05, 3.63) is 320 Å².